The molecule has 4 aromatic rings. The lowest BCUT2D eigenvalue weighted by molar-refractivity contribution is -0.133. The Bertz CT molecular complexity index is 1190. The summed E-state index contributed by atoms with van der Waals surface area (Å²) in [6.45, 7) is 6.20. The normalized spacial score (nSPS) is 10.7. The molecule has 31 heavy (non-hydrogen) atoms. The second-order valence-electron chi connectivity index (χ2n) is 7.21. The van der Waals surface area contributed by atoms with Gasteiger partial charge in [-0.1, -0.05) is 77.5 Å². The second-order valence-corrected chi connectivity index (χ2v) is 7.21. The molecule has 0 fully saturated rings. The third-order valence-corrected chi connectivity index (χ3v) is 4.91. The zero-order valence-corrected chi connectivity index (χ0v) is 17.3. The van der Waals surface area contributed by atoms with Gasteiger partial charge in [-0.15, -0.1) is 6.58 Å². The first-order valence-corrected chi connectivity index (χ1v) is 10.0. The summed E-state index contributed by atoms with van der Waals surface area (Å²) in [5, 5.41) is 6.06. The number of nitrogens with zero attached hydrogens (tertiary/aromatic N) is 3. The van der Waals surface area contributed by atoms with Gasteiger partial charge in [0.15, 0.2) is 6.61 Å². The fourth-order valence-corrected chi connectivity index (χ4v) is 3.26. The van der Waals surface area contributed by atoms with Crippen molar-refractivity contribution in [2.45, 2.75) is 13.5 Å². The predicted molar refractivity (Wildman–Crippen MR) is 120 cm³/mol. The van der Waals surface area contributed by atoms with Crippen LogP contribution in [0, 0.1) is 6.92 Å². The molecule has 0 unspecified atom stereocenters. The lowest BCUT2D eigenvalue weighted by Gasteiger charge is -2.19. The third kappa shape index (κ3) is 4.80. The number of hydrogen-bond acceptors (Lipinski definition) is 5. The number of carbonyl (C=O) groups excluding carboxylic acids is 1. The molecule has 6 nitrogen and oxygen atoms in total. The van der Waals surface area contributed by atoms with Crippen LogP contribution in [0.25, 0.3) is 22.2 Å². The van der Waals surface area contributed by atoms with Crippen LogP contribution in [0.2, 0.25) is 0 Å². The summed E-state index contributed by atoms with van der Waals surface area (Å²) in [6, 6.07) is 21.5. The molecule has 6 heteroatoms. The van der Waals surface area contributed by atoms with Crippen molar-refractivity contribution >= 4 is 16.7 Å². The zero-order valence-electron chi connectivity index (χ0n) is 17.3. The Labute approximate surface area is 180 Å². The summed E-state index contributed by atoms with van der Waals surface area (Å²) < 4.78 is 11.2. The first kappa shape index (κ1) is 20.3. The minimum atomic E-state index is -0.192. The molecule has 1 aromatic heterocycles. The van der Waals surface area contributed by atoms with Crippen molar-refractivity contribution in [1.29, 1.82) is 0 Å². The predicted octanol–water partition coefficient (Wildman–Crippen LogP) is 4.79. The van der Waals surface area contributed by atoms with Crippen LogP contribution >= 0.6 is 0 Å². The lowest BCUT2D eigenvalue weighted by Crippen LogP contribution is -2.34. The van der Waals surface area contributed by atoms with E-state index >= 15 is 0 Å². The molecule has 0 atom stereocenters. The van der Waals surface area contributed by atoms with Crippen molar-refractivity contribution in [3.05, 3.63) is 90.8 Å². The van der Waals surface area contributed by atoms with Gasteiger partial charge in [0, 0.05) is 17.5 Å². The number of carbonyl (C=O) groups is 1. The standard InChI is InChI=1S/C25H23N3O3/c1-3-15-28(16-23-26-25(27-31-23)20-13-11-18(2)12-14-20)24(29)17-30-22-10-6-8-19-7-4-5-9-21(19)22/h3-14H,1,15-17H2,2H3. The monoisotopic (exact) mass is 413 g/mol. The van der Waals surface area contributed by atoms with Gasteiger partial charge >= 0.3 is 0 Å². The SMILES string of the molecule is C=CCN(Cc1nc(-c2ccc(C)cc2)no1)C(=O)COc1cccc2ccccc12. The van der Waals surface area contributed by atoms with Crippen molar-refractivity contribution in [2.75, 3.05) is 13.2 Å². The molecular weight excluding hydrogens is 390 g/mol. The minimum Gasteiger partial charge on any atom is -0.483 e. The number of benzene rings is 3. The van der Waals surface area contributed by atoms with Crippen LogP contribution in [-0.2, 0) is 11.3 Å². The van der Waals surface area contributed by atoms with Gasteiger partial charge in [0.1, 0.15) is 12.3 Å². The fraction of sp³-hybridized carbons (Fsp3) is 0.160. The molecule has 3 aromatic carbocycles. The molecule has 0 saturated carbocycles. The molecule has 0 saturated heterocycles. The van der Waals surface area contributed by atoms with Crippen LogP contribution in [0.5, 0.6) is 5.75 Å². The number of fused-ring (bicyclic) bond motifs is 1. The van der Waals surface area contributed by atoms with Crippen LogP contribution in [0.15, 0.2) is 83.9 Å². The Morgan fingerprint density at radius 1 is 1.10 bits per heavy atom. The molecule has 0 aliphatic heterocycles. The summed E-state index contributed by atoms with van der Waals surface area (Å²) in [4.78, 5) is 18.8. The van der Waals surface area contributed by atoms with E-state index in [0.29, 0.717) is 24.0 Å². The Hall–Kier alpha value is -3.93. The molecule has 0 aliphatic rings. The van der Waals surface area contributed by atoms with E-state index < -0.39 is 0 Å². The fourth-order valence-electron chi connectivity index (χ4n) is 3.26. The molecule has 156 valence electrons. The topological polar surface area (TPSA) is 68.5 Å². The van der Waals surface area contributed by atoms with E-state index in [1.54, 1.807) is 11.0 Å². The maximum absolute atomic E-state index is 12.8. The molecule has 0 spiro atoms. The van der Waals surface area contributed by atoms with Crippen LogP contribution in [0.3, 0.4) is 0 Å². The third-order valence-electron chi connectivity index (χ3n) is 4.91. The number of aryl methyl sites for hydroxylation is 1. The highest BCUT2D eigenvalue weighted by Gasteiger charge is 2.18. The number of hydrogen-bond donors (Lipinski definition) is 0. The van der Waals surface area contributed by atoms with Gasteiger partial charge < -0.3 is 14.2 Å². The number of ether oxygens (including phenoxy) is 1. The Kier molecular flexibility index (Phi) is 6.08. The smallest absolute Gasteiger partial charge is 0.261 e. The van der Waals surface area contributed by atoms with Gasteiger partial charge in [0.25, 0.3) is 5.91 Å². The Morgan fingerprint density at radius 2 is 1.87 bits per heavy atom. The number of aromatic nitrogens is 2. The van der Waals surface area contributed by atoms with Crippen molar-refractivity contribution in [3.63, 3.8) is 0 Å². The zero-order chi connectivity index (χ0) is 21.6. The van der Waals surface area contributed by atoms with Crippen molar-refractivity contribution in [2.24, 2.45) is 0 Å². The molecule has 0 radical (unpaired) electrons. The van der Waals surface area contributed by atoms with Gasteiger partial charge in [-0.25, -0.2) is 0 Å². The van der Waals surface area contributed by atoms with Crippen LogP contribution in [0.1, 0.15) is 11.5 Å². The Morgan fingerprint density at radius 3 is 2.68 bits per heavy atom. The van der Waals surface area contributed by atoms with Crippen molar-refractivity contribution in [1.82, 2.24) is 15.0 Å². The summed E-state index contributed by atoms with van der Waals surface area (Å²) in [7, 11) is 0. The second kappa shape index (κ2) is 9.26. The maximum atomic E-state index is 12.8. The van der Waals surface area contributed by atoms with E-state index in [4.69, 9.17) is 9.26 Å². The summed E-state index contributed by atoms with van der Waals surface area (Å²) >= 11 is 0. The highest BCUT2D eigenvalue weighted by atomic mass is 16.5. The quantitative estimate of drug-likeness (QED) is 0.389. The van der Waals surface area contributed by atoms with Crippen molar-refractivity contribution < 1.29 is 14.1 Å². The highest BCUT2D eigenvalue weighted by Crippen LogP contribution is 2.25. The largest absolute Gasteiger partial charge is 0.483 e. The highest BCUT2D eigenvalue weighted by molar-refractivity contribution is 5.88. The van der Waals surface area contributed by atoms with Gasteiger partial charge in [-0.3, -0.25) is 4.79 Å². The maximum Gasteiger partial charge on any atom is 0.261 e. The first-order valence-electron chi connectivity index (χ1n) is 10.0. The summed E-state index contributed by atoms with van der Waals surface area (Å²) in [5.41, 5.74) is 2.02. The molecular formula is C25H23N3O3. The molecule has 4 rings (SSSR count). The average Bonchev–Trinajstić information content (AvgIpc) is 3.26. The lowest BCUT2D eigenvalue weighted by atomic mass is 10.1. The summed E-state index contributed by atoms with van der Waals surface area (Å²) in [6.07, 6.45) is 1.66. The Balaban J connectivity index is 1.44. The van der Waals surface area contributed by atoms with E-state index in [1.165, 1.54) is 0 Å². The van der Waals surface area contributed by atoms with Crippen LogP contribution in [-0.4, -0.2) is 34.1 Å². The molecule has 1 amide bonds. The minimum absolute atomic E-state index is 0.0964. The van der Waals surface area contributed by atoms with Gasteiger partial charge in [0.05, 0.1) is 0 Å². The molecule has 0 N–H and O–H groups in total. The average molecular weight is 413 g/mol. The van der Waals surface area contributed by atoms with Crippen LogP contribution < -0.4 is 4.74 Å². The van der Waals surface area contributed by atoms with Gasteiger partial charge in [0.2, 0.25) is 11.7 Å². The van der Waals surface area contributed by atoms with Gasteiger partial charge in [-0.05, 0) is 18.4 Å². The van der Waals surface area contributed by atoms with E-state index in [9.17, 15) is 4.79 Å². The molecule has 0 aliphatic carbocycles. The van der Waals surface area contributed by atoms with E-state index in [2.05, 4.69) is 16.7 Å². The van der Waals surface area contributed by atoms with E-state index in [-0.39, 0.29) is 19.1 Å². The summed E-state index contributed by atoms with van der Waals surface area (Å²) in [5.74, 6) is 1.33. The number of rotatable bonds is 8. The molecule has 0 bridgehead atoms. The number of amides is 1. The molecule has 1 heterocycles. The van der Waals surface area contributed by atoms with E-state index in [0.717, 1.165) is 21.9 Å². The first-order chi connectivity index (χ1) is 15.1. The van der Waals surface area contributed by atoms with Crippen molar-refractivity contribution in [3.8, 4) is 17.1 Å². The van der Waals surface area contributed by atoms with Crippen LogP contribution in [0.4, 0.5) is 0 Å². The van der Waals surface area contributed by atoms with E-state index in [1.807, 2.05) is 73.7 Å². The van der Waals surface area contributed by atoms with Gasteiger partial charge in [-0.2, -0.15) is 4.98 Å².